The smallest absolute Gasteiger partial charge is 0.292 e. The first kappa shape index (κ1) is 7.47. The molecular weight excluding hydrogens is 176 g/mol. The maximum Gasteiger partial charge on any atom is 0.292 e. The fourth-order valence-electron chi connectivity index (χ4n) is 1.03. The lowest BCUT2D eigenvalue weighted by Crippen LogP contribution is -2.22. The number of fused-ring (bicyclic) bond motifs is 1. The van der Waals surface area contributed by atoms with Crippen LogP contribution in [-0.4, -0.2) is 10.3 Å². The lowest BCUT2D eigenvalue weighted by Gasteiger charge is -1.99. The number of aromatic hydroxyl groups is 1. The highest BCUT2D eigenvalue weighted by Crippen LogP contribution is 2.32. The zero-order valence-electron chi connectivity index (χ0n) is 6.39. The minimum Gasteiger partial charge on any atom is -0.502 e. The Morgan fingerprint density at radius 2 is 2.23 bits per heavy atom. The average molecular weight is 182 g/mol. The lowest BCUT2D eigenvalue weighted by molar-refractivity contribution is -0.782. The minimum absolute atomic E-state index is 0.00157. The Labute approximate surface area is 71.7 Å². The van der Waals surface area contributed by atoms with Crippen molar-refractivity contribution in [3.8, 4) is 5.75 Å². The average Bonchev–Trinajstić information content (AvgIpc) is 2.45. The predicted octanol–water partition coefficient (Wildman–Crippen LogP) is -0.669. The number of rotatable bonds is 0. The molecule has 0 saturated carbocycles. The van der Waals surface area contributed by atoms with E-state index in [-0.39, 0.29) is 33.1 Å². The molecule has 0 aliphatic heterocycles. The normalized spacial score (nSPS) is 10.8. The van der Waals surface area contributed by atoms with E-state index in [1.54, 1.807) is 0 Å². The van der Waals surface area contributed by atoms with E-state index in [1.165, 1.54) is 6.07 Å². The highest BCUT2D eigenvalue weighted by molar-refractivity contribution is 5.91. The molecule has 0 bridgehead atoms. The fourth-order valence-corrected chi connectivity index (χ4v) is 1.03. The van der Waals surface area contributed by atoms with Gasteiger partial charge in [-0.15, -0.1) is 0 Å². The van der Waals surface area contributed by atoms with Gasteiger partial charge in [0.1, 0.15) is 5.69 Å². The number of nitrogens with zero attached hydrogens (tertiary/aromatic N) is 2. The van der Waals surface area contributed by atoms with Gasteiger partial charge in [-0.2, -0.15) is 0 Å². The summed E-state index contributed by atoms with van der Waals surface area (Å²) in [5.41, 5.74) is 10.9. The number of benzene rings is 1. The lowest BCUT2D eigenvalue weighted by atomic mass is 10.2. The third-order valence-electron chi connectivity index (χ3n) is 1.73. The van der Waals surface area contributed by atoms with Gasteiger partial charge in [-0.05, 0) is 4.90 Å². The largest absolute Gasteiger partial charge is 0.502 e. The Morgan fingerprint density at radius 1 is 1.54 bits per heavy atom. The molecule has 68 valence electrons. The van der Waals surface area contributed by atoms with E-state index in [1.807, 2.05) is 0 Å². The van der Waals surface area contributed by atoms with Gasteiger partial charge in [-0.1, -0.05) is 0 Å². The zero-order valence-corrected chi connectivity index (χ0v) is 6.39. The van der Waals surface area contributed by atoms with Gasteiger partial charge in [0.05, 0.1) is 10.8 Å². The molecule has 13 heavy (non-hydrogen) atoms. The van der Waals surface area contributed by atoms with E-state index < -0.39 is 0 Å². The molecule has 2 rings (SSSR count). The summed E-state index contributed by atoms with van der Waals surface area (Å²) >= 11 is 0. The number of anilines is 2. The molecule has 0 saturated heterocycles. The molecular formula is C6H6N4O3. The van der Waals surface area contributed by atoms with Crippen molar-refractivity contribution in [2.45, 2.75) is 0 Å². The van der Waals surface area contributed by atoms with Gasteiger partial charge in [-0.25, -0.2) is 0 Å². The zero-order chi connectivity index (χ0) is 9.59. The van der Waals surface area contributed by atoms with Gasteiger partial charge in [0.25, 0.3) is 5.52 Å². The van der Waals surface area contributed by atoms with Gasteiger partial charge in [0.2, 0.25) is 5.52 Å². The van der Waals surface area contributed by atoms with Crippen molar-refractivity contribution in [3.63, 3.8) is 0 Å². The third-order valence-corrected chi connectivity index (χ3v) is 1.73. The number of hydrogen-bond acceptors (Lipinski definition) is 6. The molecule has 0 spiro atoms. The first-order chi connectivity index (χ1) is 6.11. The standard InChI is InChI=1S/C6H6N4O3/c7-2-1-3-5(6(11)4(2)8)9-13-10(3)12/h1,11H,7-8H2. The van der Waals surface area contributed by atoms with Crippen molar-refractivity contribution in [3.05, 3.63) is 11.3 Å². The number of hydrogen-bond donors (Lipinski definition) is 3. The van der Waals surface area contributed by atoms with Gasteiger partial charge < -0.3 is 21.8 Å². The molecule has 0 atom stereocenters. The molecule has 7 nitrogen and oxygen atoms in total. The molecule has 7 heteroatoms. The molecule has 0 radical (unpaired) electrons. The van der Waals surface area contributed by atoms with Crippen LogP contribution in [0, 0.1) is 5.21 Å². The van der Waals surface area contributed by atoms with Crippen LogP contribution in [0.1, 0.15) is 0 Å². The van der Waals surface area contributed by atoms with Crippen molar-refractivity contribution in [2.75, 3.05) is 11.5 Å². The minimum atomic E-state index is -0.339. The topological polar surface area (TPSA) is 125 Å². The molecule has 0 aliphatic carbocycles. The summed E-state index contributed by atoms with van der Waals surface area (Å²) in [6, 6.07) is 1.29. The van der Waals surface area contributed by atoms with Crippen LogP contribution < -0.4 is 16.4 Å². The van der Waals surface area contributed by atoms with Crippen LogP contribution in [0.4, 0.5) is 11.4 Å². The van der Waals surface area contributed by atoms with Crippen molar-refractivity contribution in [1.82, 2.24) is 5.16 Å². The second kappa shape index (κ2) is 2.16. The number of nitrogen functional groups attached to an aromatic ring is 2. The molecule has 1 aromatic heterocycles. The molecule has 0 amide bonds. The van der Waals surface area contributed by atoms with Crippen molar-refractivity contribution in [1.29, 1.82) is 0 Å². The van der Waals surface area contributed by atoms with E-state index in [0.29, 0.717) is 0 Å². The molecule has 5 N–H and O–H groups in total. The van der Waals surface area contributed by atoms with Crippen LogP contribution in [0.25, 0.3) is 11.0 Å². The molecule has 0 fully saturated rings. The maximum absolute atomic E-state index is 10.9. The fraction of sp³-hybridized carbons (Fsp3) is 0. The van der Waals surface area contributed by atoms with Crippen LogP contribution in [0.3, 0.4) is 0 Å². The summed E-state index contributed by atoms with van der Waals surface area (Å²) in [6.07, 6.45) is 0. The van der Waals surface area contributed by atoms with E-state index >= 15 is 0 Å². The van der Waals surface area contributed by atoms with E-state index in [4.69, 9.17) is 11.5 Å². The summed E-state index contributed by atoms with van der Waals surface area (Å²) < 4.78 is 4.25. The van der Waals surface area contributed by atoms with Crippen LogP contribution >= 0.6 is 0 Å². The van der Waals surface area contributed by atoms with Crippen LogP contribution in [0.15, 0.2) is 10.7 Å². The monoisotopic (exact) mass is 182 g/mol. The Bertz CT molecular complexity index is 478. The number of phenolic OH excluding ortho intramolecular Hbond substituents is 1. The number of aromatic nitrogens is 2. The van der Waals surface area contributed by atoms with Gasteiger partial charge in [0.15, 0.2) is 5.75 Å². The van der Waals surface area contributed by atoms with Crippen LogP contribution in [-0.2, 0) is 0 Å². The Morgan fingerprint density at radius 3 is 2.92 bits per heavy atom. The maximum atomic E-state index is 10.9. The first-order valence-electron chi connectivity index (χ1n) is 3.37. The molecule has 1 heterocycles. The molecule has 2 aromatic rings. The first-order valence-corrected chi connectivity index (χ1v) is 3.37. The van der Waals surface area contributed by atoms with Crippen molar-refractivity contribution >= 4 is 22.4 Å². The highest BCUT2D eigenvalue weighted by atomic mass is 16.8. The molecule has 0 aliphatic rings. The molecule has 0 unspecified atom stereocenters. The Hall–Kier alpha value is -2.18. The molecule has 1 aromatic carbocycles. The van der Waals surface area contributed by atoms with Crippen LogP contribution in [0.2, 0.25) is 0 Å². The highest BCUT2D eigenvalue weighted by Gasteiger charge is 2.18. The van der Waals surface area contributed by atoms with Crippen LogP contribution in [0.5, 0.6) is 5.75 Å². The quantitative estimate of drug-likeness (QED) is 0.282. The van der Waals surface area contributed by atoms with Gasteiger partial charge in [0, 0.05) is 6.07 Å². The Kier molecular flexibility index (Phi) is 1.24. The van der Waals surface area contributed by atoms with Crippen molar-refractivity contribution in [2.24, 2.45) is 0 Å². The second-order valence-corrected chi connectivity index (χ2v) is 2.53. The van der Waals surface area contributed by atoms with Crippen molar-refractivity contribution < 1.29 is 14.6 Å². The summed E-state index contributed by atoms with van der Waals surface area (Å²) in [6.45, 7) is 0. The summed E-state index contributed by atoms with van der Waals surface area (Å²) in [5, 5.41) is 23.6. The van der Waals surface area contributed by atoms with E-state index in [2.05, 4.69) is 9.79 Å². The SMILES string of the molecule is Nc1cc2c(no[n+]2[O-])c(O)c1N. The Balaban J connectivity index is 2.96. The number of nitrogens with two attached hydrogens (primary N) is 2. The van der Waals surface area contributed by atoms with Gasteiger partial charge in [-0.3, -0.25) is 4.63 Å². The summed E-state index contributed by atoms with van der Waals surface area (Å²) in [4.78, 5) is 0.144. The third kappa shape index (κ3) is 0.835. The summed E-state index contributed by atoms with van der Waals surface area (Å²) in [7, 11) is 0. The van der Waals surface area contributed by atoms with E-state index in [9.17, 15) is 10.3 Å². The second-order valence-electron chi connectivity index (χ2n) is 2.53. The summed E-state index contributed by atoms with van der Waals surface area (Å²) in [5.74, 6) is -0.339. The predicted molar refractivity (Wildman–Crippen MR) is 43.5 cm³/mol. The van der Waals surface area contributed by atoms with Gasteiger partial charge >= 0.3 is 0 Å². The number of phenols is 1. The van der Waals surface area contributed by atoms with E-state index in [0.717, 1.165) is 0 Å².